The molecular formula is C23H23N4O5P. The molecule has 4 aromatic rings. The number of benzene rings is 1. The fraction of sp³-hybridized carbons (Fsp3) is 0.174. The Morgan fingerprint density at radius 1 is 1.09 bits per heavy atom. The van der Waals surface area contributed by atoms with Crippen LogP contribution in [0.3, 0.4) is 0 Å². The second-order valence-electron chi connectivity index (χ2n) is 7.23. The predicted molar refractivity (Wildman–Crippen MR) is 119 cm³/mol. The lowest BCUT2D eigenvalue weighted by Gasteiger charge is -2.08. The molecule has 1 unspecified atom stereocenters. The number of anilines is 1. The van der Waals surface area contributed by atoms with Crippen molar-refractivity contribution in [3.05, 3.63) is 89.9 Å². The van der Waals surface area contributed by atoms with E-state index in [0.29, 0.717) is 42.6 Å². The Labute approximate surface area is 191 Å². The number of nitrogens with two attached hydrogens (primary N) is 1. The normalized spacial score (nSPS) is 11.9. The first-order valence-corrected chi connectivity index (χ1v) is 11.5. The first kappa shape index (κ1) is 22.7. The average Bonchev–Trinajstić information content (AvgIpc) is 3.28. The number of nitrogen functional groups attached to an aromatic ring is 1. The summed E-state index contributed by atoms with van der Waals surface area (Å²) in [7, 11) is -3.22. The molecule has 1 atom stereocenters. The molecule has 10 heteroatoms. The largest absolute Gasteiger partial charge is 0.781 e. The molecule has 0 saturated heterocycles. The molecule has 2 N–H and O–H groups in total. The van der Waals surface area contributed by atoms with Crippen LogP contribution in [0.25, 0.3) is 11.3 Å². The van der Waals surface area contributed by atoms with Crippen molar-refractivity contribution < 1.29 is 27.8 Å². The molecular weight excluding hydrogens is 443 g/mol. The van der Waals surface area contributed by atoms with Crippen LogP contribution in [0.15, 0.2) is 77.6 Å². The van der Waals surface area contributed by atoms with Gasteiger partial charge in [-0.25, -0.2) is 9.55 Å². The highest BCUT2D eigenvalue weighted by Crippen LogP contribution is 2.25. The summed E-state index contributed by atoms with van der Waals surface area (Å²) in [4.78, 5) is 14.8. The molecule has 1 aromatic carbocycles. The second-order valence-corrected chi connectivity index (χ2v) is 8.02. The summed E-state index contributed by atoms with van der Waals surface area (Å²) in [6.45, 7) is 0.759. The number of hydrogen-bond donors (Lipinski definition) is 1. The lowest BCUT2D eigenvalue weighted by Crippen LogP contribution is -2.39. The second kappa shape index (κ2) is 10.9. The highest BCUT2D eigenvalue weighted by molar-refractivity contribution is 7.30. The van der Waals surface area contributed by atoms with Crippen molar-refractivity contribution in [1.29, 1.82) is 0 Å². The van der Waals surface area contributed by atoms with Crippen LogP contribution in [0, 0.1) is 0 Å². The van der Waals surface area contributed by atoms with Crippen molar-refractivity contribution in [2.45, 2.75) is 19.6 Å². The summed E-state index contributed by atoms with van der Waals surface area (Å²) in [5.41, 5.74) is 9.80. The third kappa shape index (κ3) is 6.26. The third-order valence-electron chi connectivity index (χ3n) is 4.92. The molecule has 33 heavy (non-hydrogen) atoms. The zero-order chi connectivity index (χ0) is 23.0. The number of ether oxygens (including phenoxy) is 1. The van der Waals surface area contributed by atoms with Crippen molar-refractivity contribution in [3.63, 3.8) is 0 Å². The van der Waals surface area contributed by atoms with E-state index in [2.05, 4.69) is 14.7 Å². The van der Waals surface area contributed by atoms with E-state index in [-0.39, 0.29) is 6.61 Å². The lowest BCUT2D eigenvalue weighted by atomic mass is 10.1. The topological polar surface area (TPSA) is 127 Å². The Hall–Kier alpha value is -3.52. The molecule has 0 amide bonds. The fourth-order valence-corrected chi connectivity index (χ4v) is 3.53. The Bertz CT molecular complexity index is 1220. The van der Waals surface area contributed by atoms with Gasteiger partial charge in [0.1, 0.15) is 27.0 Å². The number of rotatable bonds is 10. The van der Waals surface area contributed by atoms with E-state index in [1.807, 2.05) is 54.6 Å². The van der Waals surface area contributed by atoms with Gasteiger partial charge in [-0.15, -0.1) is 0 Å². The van der Waals surface area contributed by atoms with Crippen LogP contribution in [0.5, 0.6) is 5.88 Å². The first-order chi connectivity index (χ1) is 16.1. The minimum absolute atomic E-state index is 0.0180. The van der Waals surface area contributed by atoms with Crippen LogP contribution in [-0.4, -0.2) is 16.7 Å². The van der Waals surface area contributed by atoms with Crippen molar-refractivity contribution >= 4 is 14.1 Å². The van der Waals surface area contributed by atoms with Gasteiger partial charge in [0.25, 0.3) is 5.82 Å². The van der Waals surface area contributed by atoms with Crippen LogP contribution >= 0.6 is 8.25 Å². The maximum atomic E-state index is 10.6. The van der Waals surface area contributed by atoms with E-state index in [4.69, 9.17) is 15.0 Å². The van der Waals surface area contributed by atoms with E-state index in [1.54, 1.807) is 23.0 Å². The Morgan fingerprint density at radius 3 is 2.67 bits per heavy atom. The van der Waals surface area contributed by atoms with E-state index in [0.717, 1.165) is 16.8 Å². The molecule has 0 aliphatic heterocycles. The molecule has 0 fully saturated rings. The van der Waals surface area contributed by atoms with Crippen molar-refractivity contribution in [2.75, 3.05) is 12.3 Å². The Morgan fingerprint density at radius 2 is 1.91 bits per heavy atom. The summed E-state index contributed by atoms with van der Waals surface area (Å²) < 4.78 is 28.1. The number of pyridine rings is 2. The van der Waals surface area contributed by atoms with Gasteiger partial charge in [-0.05, 0) is 29.3 Å². The summed E-state index contributed by atoms with van der Waals surface area (Å²) >= 11 is 0. The zero-order valence-corrected chi connectivity index (χ0v) is 18.7. The van der Waals surface area contributed by atoms with E-state index >= 15 is 0 Å². The van der Waals surface area contributed by atoms with E-state index in [9.17, 15) is 9.46 Å². The highest BCUT2D eigenvalue weighted by atomic mass is 31.1. The van der Waals surface area contributed by atoms with Crippen LogP contribution < -0.4 is 19.9 Å². The molecule has 0 saturated carbocycles. The number of hydrogen-bond acceptors (Lipinski definition) is 8. The third-order valence-corrected chi connectivity index (χ3v) is 5.36. The molecule has 9 nitrogen and oxygen atoms in total. The van der Waals surface area contributed by atoms with Crippen molar-refractivity contribution in [3.8, 4) is 17.2 Å². The maximum absolute atomic E-state index is 10.6. The summed E-state index contributed by atoms with van der Waals surface area (Å²) in [6.07, 6.45) is 4.05. The zero-order valence-electron chi connectivity index (χ0n) is 17.7. The van der Waals surface area contributed by atoms with Gasteiger partial charge in [0.2, 0.25) is 5.88 Å². The quantitative estimate of drug-likeness (QED) is 0.279. The minimum atomic E-state index is -3.22. The van der Waals surface area contributed by atoms with Crippen LogP contribution in [-0.2, 0) is 28.7 Å². The lowest BCUT2D eigenvalue weighted by molar-refractivity contribution is -0.683. The molecule has 3 aromatic heterocycles. The summed E-state index contributed by atoms with van der Waals surface area (Å²) in [5, 5.41) is 4.17. The Kier molecular flexibility index (Phi) is 7.47. The van der Waals surface area contributed by atoms with Gasteiger partial charge in [-0.1, -0.05) is 35.5 Å². The SMILES string of the molecule is Nc1c(-c2cc(Cc3ccc(COc4ccccn4)cc3)no2)ccc[n+]1CCO[PH](=O)[O-]. The van der Waals surface area contributed by atoms with Gasteiger partial charge in [0.05, 0.1) is 18.5 Å². The van der Waals surface area contributed by atoms with Gasteiger partial charge < -0.3 is 23.2 Å². The van der Waals surface area contributed by atoms with Crippen LogP contribution in [0.1, 0.15) is 16.8 Å². The smallest absolute Gasteiger partial charge is 0.283 e. The number of nitrogens with zero attached hydrogens (tertiary/aromatic N) is 3. The van der Waals surface area contributed by atoms with Gasteiger partial charge in [-0.2, -0.15) is 0 Å². The van der Waals surface area contributed by atoms with Gasteiger partial charge >= 0.3 is 0 Å². The molecule has 0 spiro atoms. The summed E-state index contributed by atoms with van der Waals surface area (Å²) in [5.74, 6) is 1.56. The van der Waals surface area contributed by atoms with Gasteiger partial charge in [-0.3, -0.25) is 5.73 Å². The van der Waals surface area contributed by atoms with E-state index in [1.165, 1.54) is 0 Å². The molecule has 0 aliphatic rings. The van der Waals surface area contributed by atoms with Gasteiger partial charge in [0.15, 0.2) is 5.76 Å². The molecule has 3 heterocycles. The molecule has 170 valence electrons. The van der Waals surface area contributed by atoms with Crippen molar-refractivity contribution in [1.82, 2.24) is 10.1 Å². The highest BCUT2D eigenvalue weighted by Gasteiger charge is 2.17. The Balaban J connectivity index is 1.38. The fourth-order valence-electron chi connectivity index (χ4n) is 3.27. The predicted octanol–water partition coefficient (Wildman–Crippen LogP) is 2.54. The standard InChI is InChI=1S/C23H23N4O5P/c24-23-20(4-3-11-27(23)12-13-31-33(28)29)21-15-19(26-32-21)14-17-6-8-18(9-7-17)16-30-22-5-1-2-10-25-22/h1-11,15,24,33H,12-14,16H2,(H,28,29). The molecule has 0 aliphatic carbocycles. The van der Waals surface area contributed by atoms with E-state index < -0.39 is 8.25 Å². The van der Waals surface area contributed by atoms with Gasteiger partial charge in [0, 0.05) is 24.8 Å². The minimum Gasteiger partial charge on any atom is -0.781 e. The summed E-state index contributed by atoms with van der Waals surface area (Å²) in [6, 6.07) is 19.1. The monoisotopic (exact) mass is 466 g/mol. The van der Waals surface area contributed by atoms with Crippen LogP contribution in [0.2, 0.25) is 0 Å². The first-order valence-electron chi connectivity index (χ1n) is 10.3. The average molecular weight is 466 g/mol. The molecule has 4 rings (SSSR count). The maximum Gasteiger partial charge on any atom is 0.283 e. The molecule has 0 radical (unpaired) electrons. The number of aromatic nitrogens is 3. The van der Waals surface area contributed by atoms with Crippen LogP contribution in [0.4, 0.5) is 5.82 Å². The molecule has 0 bridgehead atoms. The van der Waals surface area contributed by atoms with Crippen molar-refractivity contribution in [2.24, 2.45) is 0 Å².